The second-order valence-electron chi connectivity index (χ2n) is 3.72. The number of hydrogen-bond donors (Lipinski definition) is 1. The SMILES string of the molecule is NC(=O)C1CN(CC2COC2)C1. The molecular weight excluding hydrogens is 156 g/mol. The van der Waals surface area contributed by atoms with Crippen LogP contribution in [0.3, 0.4) is 0 Å². The second-order valence-corrected chi connectivity index (χ2v) is 3.72. The van der Waals surface area contributed by atoms with Crippen molar-refractivity contribution in [3.05, 3.63) is 0 Å². The smallest absolute Gasteiger partial charge is 0.223 e. The lowest BCUT2D eigenvalue weighted by Crippen LogP contribution is -2.55. The van der Waals surface area contributed by atoms with Crippen LogP contribution in [0.1, 0.15) is 0 Å². The average molecular weight is 170 g/mol. The fourth-order valence-electron chi connectivity index (χ4n) is 1.65. The zero-order chi connectivity index (χ0) is 8.55. The summed E-state index contributed by atoms with van der Waals surface area (Å²) >= 11 is 0. The molecule has 2 aliphatic heterocycles. The molecule has 2 aliphatic rings. The predicted molar refractivity (Wildman–Crippen MR) is 43.4 cm³/mol. The minimum Gasteiger partial charge on any atom is -0.381 e. The van der Waals surface area contributed by atoms with Crippen molar-refractivity contribution in [3.8, 4) is 0 Å². The number of nitrogens with zero attached hydrogens (tertiary/aromatic N) is 1. The number of carbonyl (C=O) groups is 1. The molecule has 2 saturated heterocycles. The van der Waals surface area contributed by atoms with Crippen LogP contribution in [0.15, 0.2) is 0 Å². The van der Waals surface area contributed by atoms with E-state index in [2.05, 4.69) is 4.90 Å². The van der Waals surface area contributed by atoms with Crippen molar-refractivity contribution in [2.45, 2.75) is 0 Å². The molecule has 1 amide bonds. The van der Waals surface area contributed by atoms with Gasteiger partial charge in [0.05, 0.1) is 19.1 Å². The molecule has 0 saturated carbocycles. The Hall–Kier alpha value is -0.610. The Kier molecular flexibility index (Phi) is 2.02. The Balaban J connectivity index is 1.64. The largest absolute Gasteiger partial charge is 0.381 e. The average Bonchev–Trinajstić information content (AvgIpc) is 1.79. The van der Waals surface area contributed by atoms with Gasteiger partial charge in [-0.25, -0.2) is 0 Å². The van der Waals surface area contributed by atoms with Gasteiger partial charge in [-0.05, 0) is 0 Å². The summed E-state index contributed by atoms with van der Waals surface area (Å²) in [5.74, 6) is 0.640. The first-order valence-electron chi connectivity index (χ1n) is 4.35. The highest BCUT2D eigenvalue weighted by Crippen LogP contribution is 2.19. The van der Waals surface area contributed by atoms with E-state index in [0.29, 0.717) is 5.92 Å². The lowest BCUT2D eigenvalue weighted by Gasteiger charge is -2.41. The zero-order valence-electron chi connectivity index (χ0n) is 7.03. The Labute approximate surface area is 71.7 Å². The molecular formula is C8H14N2O2. The quantitative estimate of drug-likeness (QED) is 0.594. The van der Waals surface area contributed by atoms with Crippen molar-refractivity contribution in [2.24, 2.45) is 17.6 Å². The molecule has 0 aromatic heterocycles. The molecule has 0 atom stereocenters. The molecule has 0 aromatic carbocycles. The van der Waals surface area contributed by atoms with Gasteiger partial charge in [-0.15, -0.1) is 0 Å². The predicted octanol–water partition coefficient (Wildman–Crippen LogP) is -0.950. The lowest BCUT2D eigenvalue weighted by atomic mass is 9.97. The van der Waals surface area contributed by atoms with Crippen LogP contribution in [-0.2, 0) is 9.53 Å². The molecule has 0 spiro atoms. The molecule has 2 heterocycles. The summed E-state index contributed by atoms with van der Waals surface area (Å²) < 4.78 is 5.06. The van der Waals surface area contributed by atoms with Gasteiger partial charge in [-0.3, -0.25) is 4.79 Å². The van der Waals surface area contributed by atoms with Crippen LogP contribution in [0.25, 0.3) is 0 Å². The maximum atomic E-state index is 10.7. The van der Waals surface area contributed by atoms with Gasteiger partial charge in [-0.2, -0.15) is 0 Å². The van der Waals surface area contributed by atoms with Gasteiger partial charge in [0, 0.05) is 25.6 Å². The molecule has 0 bridgehead atoms. The molecule has 68 valence electrons. The molecule has 2 N–H and O–H groups in total. The van der Waals surface area contributed by atoms with Crippen molar-refractivity contribution in [1.29, 1.82) is 0 Å². The third kappa shape index (κ3) is 1.44. The summed E-state index contributed by atoms with van der Waals surface area (Å²) in [7, 11) is 0. The second kappa shape index (κ2) is 3.03. The topological polar surface area (TPSA) is 55.6 Å². The van der Waals surface area contributed by atoms with Crippen LogP contribution in [0, 0.1) is 11.8 Å². The van der Waals surface area contributed by atoms with Gasteiger partial charge < -0.3 is 15.4 Å². The highest BCUT2D eigenvalue weighted by atomic mass is 16.5. The zero-order valence-corrected chi connectivity index (χ0v) is 7.03. The van der Waals surface area contributed by atoms with Gasteiger partial charge in [-0.1, -0.05) is 0 Å². The van der Waals surface area contributed by atoms with Crippen LogP contribution in [0.5, 0.6) is 0 Å². The van der Waals surface area contributed by atoms with Crippen molar-refractivity contribution in [3.63, 3.8) is 0 Å². The molecule has 12 heavy (non-hydrogen) atoms. The molecule has 0 unspecified atom stereocenters. The maximum absolute atomic E-state index is 10.7. The third-order valence-electron chi connectivity index (χ3n) is 2.58. The van der Waals surface area contributed by atoms with E-state index in [9.17, 15) is 4.79 Å². The first kappa shape index (κ1) is 8.01. The van der Waals surface area contributed by atoms with Crippen molar-refractivity contribution in [1.82, 2.24) is 4.90 Å². The van der Waals surface area contributed by atoms with Crippen molar-refractivity contribution < 1.29 is 9.53 Å². The lowest BCUT2D eigenvalue weighted by molar-refractivity contribution is -0.128. The Morgan fingerprint density at radius 2 is 2.17 bits per heavy atom. The van der Waals surface area contributed by atoms with Crippen LogP contribution < -0.4 is 5.73 Å². The third-order valence-corrected chi connectivity index (χ3v) is 2.58. The summed E-state index contributed by atoms with van der Waals surface area (Å²) in [6.07, 6.45) is 0. The highest BCUT2D eigenvalue weighted by molar-refractivity contribution is 5.78. The molecule has 2 rings (SSSR count). The van der Waals surface area contributed by atoms with Crippen LogP contribution in [0.4, 0.5) is 0 Å². The fourth-order valence-corrected chi connectivity index (χ4v) is 1.65. The summed E-state index contributed by atoms with van der Waals surface area (Å²) in [5, 5.41) is 0. The van der Waals surface area contributed by atoms with Crippen LogP contribution in [-0.4, -0.2) is 43.7 Å². The standard InChI is InChI=1S/C8H14N2O2/c9-8(11)7-2-10(3-7)1-6-4-12-5-6/h6-7H,1-5H2,(H2,9,11). The summed E-state index contributed by atoms with van der Waals surface area (Å²) in [6, 6.07) is 0. The minimum atomic E-state index is -0.156. The number of carbonyl (C=O) groups excluding carboxylic acids is 1. The fraction of sp³-hybridized carbons (Fsp3) is 0.875. The van der Waals surface area contributed by atoms with Gasteiger partial charge in [0.15, 0.2) is 0 Å². The molecule has 4 heteroatoms. The molecule has 4 nitrogen and oxygen atoms in total. The highest BCUT2D eigenvalue weighted by Gasteiger charge is 2.33. The van der Waals surface area contributed by atoms with E-state index in [1.165, 1.54) is 0 Å². The number of ether oxygens (including phenoxy) is 1. The summed E-state index contributed by atoms with van der Waals surface area (Å²) in [6.45, 7) is 4.55. The number of amides is 1. The van der Waals surface area contributed by atoms with Crippen molar-refractivity contribution >= 4 is 5.91 Å². The summed E-state index contributed by atoms with van der Waals surface area (Å²) in [5.41, 5.74) is 5.15. The monoisotopic (exact) mass is 170 g/mol. The number of likely N-dealkylation sites (tertiary alicyclic amines) is 1. The van der Waals surface area contributed by atoms with E-state index in [0.717, 1.165) is 32.8 Å². The van der Waals surface area contributed by atoms with Gasteiger partial charge in [0.1, 0.15) is 0 Å². The molecule has 0 aliphatic carbocycles. The van der Waals surface area contributed by atoms with Gasteiger partial charge in [0.25, 0.3) is 0 Å². The van der Waals surface area contributed by atoms with Crippen LogP contribution in [0.2, 0.25) is 0 Å². The number of primary amides is 1. The maximum Gasteiger partial charge on any atom is 0.223 e. The van der Waals surface area contributed by atoms with Gasteiger partial charge in [0.2, 0.25) is 5.91 Å². The summed E-state index contributed by atoms with van der Waals surface area (Å²) in [4.78, 5) is 12.9. The Morgan fingerprint density at radius 1 is 1.50 bits per heavy atom. The minimum absolute atomic E-state index is 0.103. The molecule has 2 fully saturated rings. The Morgan fingerprint density at radius 3 is 2.58 bits per heavy atom. The van der Waals surface area contributed by atoms with E-state index in [1.54, 1.807) is 0 Å². The number of rotatable bonds is 3. The van der Waals surface area contributed by atoms with Gasteiger partial charge >= 0.3 is 0 Å². The van der Waals surface area contributed by atoms with Crippen molar-refractivity contribution in [2.75, 3.05) is 32.8 Å². The molecule has 0 aromatic rings. The molecule has 0 radical (unpaired) electrons. The normalized spacial score (nSPS) is 26.3. The van der Waals surface area contributed by atoms with E-state index >= 15 is 0 Å². The Bertz CT molecular complexity index is 185. The first-order valence-corrected chi connectivity index (χ1v) is 4.35. The first-order chi connectivity index (χ1) is 5.75. The van der Waals surface area contributed by atoms with Crippen LogP contribution >= 0.6 is 0 Å². The number of nitrogens with two attached hydrogens (primary N) is 1. The van der Waals surface area contributed by atoms with E-state index in [1.807, 2.05) is 0 Å². The van der Waals surface area contributed by atoms with E-state index < -0.39 is 0 Å². The number of hydrogen-bond acceptors (Lipinski definition) is 3. The van der Waals surface area contributed by atoms with E-state index in [4.69, 9.17) is 10.5 Å². The van der Waals surface area contributed by atoms with E-state index in [-0.39, 0.29) is 11.8 Å².